The summed E-state index contributed by atoms with van der Waals surface area (Å²) >= 11 is -0.851. The van der Waals surface area contributed by atoms with Gasteiger partial charge < -0.3 is 24.8 Å². The van der Waals surface area contributed by atoms with Crippen LogP contribution in [0, 0.1) is 13.8 Å². The van der Waals surface area contributed by atoms with Gasteiger partial charge in [-0.1, -0.05) is 0 Å². The van der Waals surface area contributed by atoms with Crippen LogP contribution in [0.15, 0.2) is 61.7 Å². The van der Waals surface area contributed by atoms with Gasteiger partial charge in [-0.3, -0.25) is 0 Å². The molecule has 0 aromatic heterocycles. The Labute approximate surface area is 175 Å². The van der Waals surface area contributed by atoms with Crippen LogP contribution < -0.4 is 24.8 Å². The van der Waals surface area contributed by atoms with Gasteiger partial charge in [0, 0.05) is 0 Å². The molecule has 2 aromatic rings. The Morgan fingerprint density at radius 1 is 0.720 bits per heavy atom. The molecule has 0 bridgehead atoms. The first kappa shape index (κ1) is 22.2. The number of benzene rings is 2. The van der Waals surface area contributed by atoms with E-state index in [2.05, 4.69) is 87.7 Å². The summed E-state index contributed by atoms with van der Waals surface area (Å²) in [5.41, 5.74) is 9.11. The van der Waals surface area contributed by atoms with Crippen LogP contribution in [-0.4, -0.2) is 0 Å². The Morgan fingerprint density at radius 2 is 1.12 bits per heavy atom. The molecule has 0 amide bonds. The number of allylic oxidation sites excluding steroid dienone is 2. The summed E-state index contributed by atoms with van der Waals surface area (Å²) in [6.45, 7) is 10.5. The van der Waals surface area contributed by atoms with Crippen LogP contribution in [-0.2, 0) is 22.9 Å². The zero-order valence-corrected chi connectivity index (χ0v) is 19.7. The quantitative estimate of drug-likeness (QED) is 0.376. The minimum absolute atomic E-state index is 0. The normalized spacial score (nSPS) is 18.0. The maximum Gasteiger partial charge on any atom is -1.00 e. The van der Waals surface area contributed by atoms with E-state index in [9.17, 15) is 0 Å². The van der Waals surface area contributed by atoms with Gasteiger partial charge in [0.1, 0.15) is 0 Å². The first-order valence-corrected chi connectivity index (χ1v) is 12.2. The maximum atomic E-state index is 3.00. The van der Waals surface area contributed by atoms with Gasteiger partial charge in [0.2, 0.25) is 0 Å². The molecule has 0 N–H and O–H groups in total. The second-order valence-corrected chi connectivity index (χ2v) is 11.7. The smallest absolute Gasteiger partial charge is 1.00 e. The third kappa shape index (κ3) is 4.27. The topological polar surface area (TPSA) is 0 Å². The predicted molar refractivity (Wildman–Crippen MR) is 97.2 cm³/mol. The fraction of sp³-hybridized carbons (Fsp3) is 0.182. The maximum absolute atomic E-state index is 3.00. The first-order chi connectivity index (χ1) is 11.2. The van der Waals surface area contributed by atoms with Crippen molar-refractivity contribution in [2.24, 2.45) is 0 Å². The summed E-state index contributed by atoms with van der Waals surface area (Å²) in [5, 5.41) is 0. The van der Waals surface area contributed by atoms with Gasteiger partial charge in [-0.25, -0.2) is 0 Å². The molecule has 0 nitrogen and oxygen atoms in total. The van der Waals surface area contributed by atoms with Crippen molar-refractivity contribution in [3.05, 3.63) is 95.1 Å². The van der Waals surface area contributed by atoms with Crippen molar-refractivity contribution in [1.82, 2.24) is 0 Å². The number of hydrogen-bond donors (Lipinski definition) is 0. The molecule has 3 heteroatoms. The Balaban J connectivity index is 0.000000755. The first-order valence-electron chi connectivity index (χ1n) is 8.05. The predicted octanol–water partition coefficient (Wildman–Crippen LogP) is 0.0321. The monoisotopic (exact) mass is 536 g/mol. The zero-order valence-electron chi connectivity index (χ0n) is 14.6. The molecule has 128 valence electrons. The Bertz CT molecular complexity index is 727. The molecule has 0 saturated carbocycles. The molecular formula is C22H22Cl2Hf. The van der Waals surface area contributed by atoms with Gasteiger partial charge in [-0.05, 0) is 0 Å². The summed E-state index contributed by atoms with van der Waals surface area (Å²) in [6.07, 6.45) is 9.64. The molecule has 2 aromatic carbocycles. The van der Waals surface area contributed by atoms with Crippen LogP contribution in [0.3, 0.4) is 0 Å². The third-order valence-corrected chi connectivity index (χ3v) is 10.7. The third-order valence-electron chi connectivity index (χ3n) is 4.63. The number of aryl methyl sites for hydroxylation is 2. The van der Waals surface area contributed by atoms with E-state index < -0.39 is 22.9 Å². The number of fused-ring (bicyclic) bond motifs is 2. The Kier molecular flexibility index (Phi) is 8.60. The molecule has 0 fully saturated rings. The van der Waals surface area contributed by atoms with Crippen LogP contribution in [0.1, 0.15) is 40.7 Å². The van der Waals surface area contributed by atoms with Crippen molar-refractivity contribution >= 4 is 12.2 Å². The van der Waals surface area contributed by atoms with Crippen molar-refractivity contribution in [3.63, 3.8) is 0 Å². The molecule has 0 aliphatic heterocycles. The van der Waals surface area contributed by atoms with E-state index in [0.717, 1.165) is 7.35 Å². The molecule has 0 radical (unpaired) electrons. The molecule has 2 aliphatic rings. The molecule has 2 aliphatic carbocycles. The summed E-state index contributed by atoms with van der Waals surface area (Å²) in [6, 6.07) is 13.4. The van der Waals surface area contributed by atoms with E-state index in [1.807, 2.05) is 0 Å². The number of rotatable bonds is 2. The molecule has 2 atom stereocenters. The van der Waals surface area contributed by atoms with Crippen LogP contribution in [0.4, 0.5) is 0 Å². The van der Waals surface area contributed by atoms with Gasteiger partial charge >= 0.3 is 138 Å². The Morgan fingerprint density at radius 3 is 1.52 bits per heavy atom. The van der Waals surface area contributed by atoms with Crippen molar-refractivity contribution in [2.75, 3.05) is 0 Å². The SMILES string of the molecule is C=C.Cc1cccc2c1[CH]([Hf+2][CH]1C=Cc3cccc(C)c31)C=C2.[Cl-].[Cl-]. The van der Waals surface area contributed by atoms with Crippen LogP contribution >= 0.6 is 0 Å². The van der Waals surface area contributed by atoms with Gasteiger partial charge in [-0.15, -0.1) is 13.2 Å². The van der Waals surface area contributed by atoms with Crippen molar-refractivity contribution < 1.29 is 47.7 Å². The fourth-order valence-electron chi connectivity index (χ4n) is 3.61. The van der Waals surface area contributed by atoms with E-state index in [0.29, 0.717) is 0 Å². The average Bonchev–Trinajstić information content (AvgIpc) is 3.16. The molecule has 0 heterocycles. The van der Waals surface area contributed by atoms with Crippen LogP contribution in [0.5, 0.6) is 0 Å². The van der Waals surface area contributed by atoms with Gasteiger partial charge in [0.25, 0.3) is 0 Å². The summed E-state index contributed by atoms with van der Waals surface area (Å²) in [4.78, 5) is 0. The van der Waals surface area contributed by atoms with Gasteiger partial charge in [0.15, 0.2) is 0 Å². The zero-order chi connectivity index (χ0) is 16.4. The van der Waals surface area contributed by atoms with E-state index in [1.54, 1.807) is 11.1 Å². The summed E-state index contributed by atoms with van der Waals surface area (Å²) < 4.78 is 1.50. The average molecular weight is 536 g/mol. The van der Waals surface area contributed by atoms with Crippen LogP contribution in [0.25, 0.3) is 12.2 Å². The number of halogens is 2. The number of hydrogen-bond acceptors (Lipinski definition) is 0. The Hall–Kier alpha value is -0.890. The molecule has 4 rings (SSSR count). The summed E-state index contributed by atoms with van der Waals surface area (Å²) in [7, 11) is 0. The van der Waals surface area contributed by atoms with Crippen molar-refractivity contribution in [1.29, 1.82) is 0 Å². The van der Waals surface area contributed by atoms with Crippen molar-refractivity contribution in [2.45, 2.75) is 21.2 Å². The molecule has 0 saturated heterocycles. The molecular weight excluding hydrogens is 514 g/mol. The minimum Gasteiger partial charge on any atom is -1.00 e. The molecule has 25 heavy (non-hydrogen) atoms. The standard InChI is InChI=1S/2C10H9.C2H4.2ClH.Hf/c2*1-8-4-2-5-9-6-3-7-10(8)9;1-2;;;/h2*2-7H,1H3;1-2H2;2*1H;/q;;;;;+2/p-2. The minimum atomic E-state index is -0.851. The van der Waals surface area contributed by atoms with E-state index >= 15 is 0 Å². The summed E-state index contributed by atoms with van der Waals surface area (Å²) in [5.74, 6) is 0. The second kappa shape index (κ2) is 9.71. The van der Waals surface area contributed by atoms with Crippen molar-refractivity contribution in [3.8, 4) is 0 Å². The van der Waals surface area contributed by atoms with Crippen LogP contribution in [0.2, 0.25) is 0 Å². The van der Waals surface area contributed by atoms with E-state index in [1.165, 1.54) is 22.3 Å². The van der Waals surface area contributed by atoms with E-state index in [-0.39, 0.29) is 24.8 Å². The van der Waals surface area contributed by atoms with Gasteiger partial charge in [-0.2, -0.15) is 0 Å². The van der Waals surface area contributed by atoms with Gasteiger partial charge in [0.05, 0.1) is 0 Å². The molecule has 0 spiro atoms. The largest absolute Gasteiger partial charge is 1.00 e. The fourth-order valence-corrected chi connectivity index (χ4v) is 10.5. The molecule has 2 unspecified atom stereocenters. The second-order valence-electron chi connectivity index (χ2n) is 6.00. The van der Waals surface area contributed by atoms with E-state index in [4.69, 9.17) is 0 Å².